The molecular formula is C18H33IN6O. The summed E-state index contributed by atoms with van der Waals surface area (Å²) < 4.78 is 3.43. The zero-order chi connectivity index (χ0) is 18.1. The van der Waals surface area contributed by atoms with Crippen molar-refractivity contribution in [3.05, 3.63) is 29.0 Å². The molecule has 0 radical (unpaired) electrons. The summed E-state index contributed by atoms with van der Waals surface area (Å²) in [6, 6.07) is 0. The molecule has 0 aromatic carbocycles. The highest BCUT2D eigenvalue weighted by atomic mass is 127. The molecule has 1 aromatic rings. The molecule has 0 saturated carbocycles. The average Bonchev–Trinajstić information content (AvgIpc) is 2.94. The van der Waals surface area contributed by atoms with Crippen LogP contribution in [0.5, 0.6) is 0 Å². The van der Waals surface area contributed by atoms with Gasteiger partial charge in [-0.1, -0.05) is 6.08 Å². The summed E-state index contributed by atoms with van der Waals surface area (Å²) in [6.07, 6.45) is 7.96. The number of allylic oxidation sites excluding steroid dienone is 1. The number of hydrogen-bond donors (Lipinski definition) is 1. The Balaban J connectivity index is 0.00000338. The van der Waals surface area contributed by atoms with Crippen LogP contribution in [0.15, 0.2) is 22.4 Å². The largest absolute Gasteiger partial charge is 0.357 e. The number of aryl methyl sites for hydroxylation is 2. The summed E-state index contributed by atoms with van der Waals surface area (Å²) in [5.74, 6) is 1.86. The molecule has 7 nitrogen and oxygen atoms in total. The third kappa shape index (κ3) is 6.44. The van der Waals surface area contributed by atoms with Gasteiger partial charge in [0.15, 0.2) is 5.96 Å². The van der Waals surface area contributed by atoms with Crippen LogP contribution in [0, 0.1) is 0 Å². The number of halogens is 1. The van der Waals surface area contributed by atoms with Gasteiger partial charge in [0, 0.05) is 46.2 Å². The maximum Gasteiger partial charge on any atom is 0.345 e. The summed E-state index contributed by atoms with van der Waals surface area (Å²) in [6.45, 7) is 9.75. The second kappa shape index (κ2) is 12.1. The lowest BCUT2D eigenvalue weighted by Crippen LogP contribution is -2.39. The van der Waals surface area contributed by atoms with Crippen LogP contribution in [0.25, 0.3) is 0 Å². The van der Waals surface area contributed by atoms with Gasteiger partial charge in [0.1, 0.15) is 5.82 Å². The number of nitrogens with zero attached hydrogens (tertiary/aromatic N) is 5. The molecule has 2 rings (SSSR count). The van der Waals surface area contributed by atoms with Crippen molar-refractivity contribution in [2.45, 2.75) is 58.5 Å². The zero-order valence-corrected chi connectivity index (χ0v) is 18.4. The molecule has 0 saturated heterocycles. The third-order valence-corrected chi connectivity index (χ3v) is 4.42. The van der Waals surface area contributed by atoms with Gasteiger partial charge in [-0.25, -0.2) is 9.48 Å². The van der Waals surface area contributed by atoms with Gasteiger partial charge in [0.2, 0.25) is 0 Å². The third-order valence-electron chi connectivity index (χ3n) is 4.42. The van der Waals surface area contributed by atoms with Crippen LogP contribution in [-0.4, -0.2) is 51.9 Å². The van der Waals surface area contributed by atoms with Gasteiger partial charge in [0.05, 0.1) is 0 Å². The van der Waals surface area contributed by atoms with Gasteiger partial charge < -0.3 is 10.2 Å². The van der Waals surface area contributed by atoms with Crippen molar-refractivity contribution in [2.24, 2.45) is 4.99 Å². The highest BCUT2D eigenvalue weighted by molar-refractivity contribution is 14.0. The number of guanidine groups is 1. The van der Waals surface area contributed by atoms with Crippen LogP contribution in [0.2, 0.25) is 0 Å². The topological polar surface area (TPSA) is 67.5 Å². The molecule has 1 aliphatic rings. The van der Waals surface area contributed by atoms with E-state index in [0.717, 1.165) is 69.9 Å². The molecule has 8 heteroatoms. The van der Waals surface area contributed by atoms with Gasteiger partial charge in [-0.2, -0.15) is 5.10 Å². The molecule has 0 spiro atoms. The summed E-state index contributed by atoms with van der Waals surface area (Å²) in [7, 11) is 2.05. The minimum atomic E-state index is 0. The molecule has 1 aromatic heterocycles. The second-order valence-corrected chi connectivity index (χ2v) is 6.47. The minimum Gasteiger partial charge on any atom is -0.357 e. The van der Waals surface area contributed by atoms with E-state index in [2.05, 4.69) is 40.9 Å². The Labute approximate surface area is 173 Å². The predicted molar refractivity (Wildman–Crippen MR) is 117 cm³/mol. The first-order chi connectivity index (χ1) is 12.2. The fourth-order valence-corrected chi connectivity index (χ4v) is 3.05. The lowest BCUT2D eigenvalue weighted by atomic mass is 10.2. The standard InChI is InChI=1S/C18H32N6O.HI/c1-4-6-8-13-22(3)17(19-5-2)20-12-10-15-24-18(25)23-14-9-7-11-16(23)21-24;/h4H,1,5-15H2,2-3H3,(H,19,20);1H. The van der Waals surface area contributed by atoms with E-state index in [1.54, 1.807) is 4.68 Å². The number of aromatic nitrogens is 3. The van der Waals surface area contributed by atoms with Crippen LogP contribution in [-0.2, 0) is 19.5 Å². The highest BCUT2D eigenvalue weighted by Crippen LogP contribution is 2.09. The number of nitrogens with one attached hydrogen (secondary N) is 1. The molecule has 2 heterocycles. The minimum absolute atomic E-state index is 0. The van der Waals surface area contributed by atoms with E-state index in [-0.39, 0.29) is 29.7 Å². The molecule has 0 unspecified atom stereocenters. The van der Waals surface area contributed by atoms with Crippen molar-refractivity contribution < 1.29 is 0 Å². The summed E-state index contributed by atoms with van der Waals surface area (Å²) in [5.41, 5.74) is 0.0344. The Morgan fingerprint density at radius 2 is 2.23 bits per heavy atom. The van der Waals surface area contributed by atoms with E-state index >= 15 is 0 Å². The van der Waals surface area contributed by atoms with Gasteiger partial charge >= 0.3 is 5.69 Å². The Bertz CT molecular complexity index is 636. The Morgan fingerprint density at radius 3 is 2.92 bits per heavy atom. The molecule has 0 aliphatic carbocycles. The number of fused-ring (bicyclic) bond motifs is 1. The molecule has 148 valence electrons. The van der Waals surface area contributed by atoms with Crippen LogP contribution in [0.4, 0.5) is 0 Å². The Hall–Kier alpha value is -1.32. The lowest BCUT2D eigenvalue weighted by Gasteiger charge is -2.21. The van der Waals surface area contributed by atoms with Crippen molar-refractivity contribution in [3.63, 3.8) is 0 Å². The molecule has 0 atom stereocenters. The number of rotatable bonds is 9. The van der Waals surface area contributed by atoms with Gasteiger partial charge in [-0.3, -0.25) is 9.56 Å². The Morgan fingerprint density at radius 1 is 1.42 bits per heavy atom. The van der Waals surface area contributed by atoms with Crippen molar-refractivity contribution in [1.82, 2.24) is 24.6 Å². The average molecular weight is 476 g/mol. The SMILES string of the molecule is C=CCCCN(C)C(=NCCCn1nc2n(c1=O)CCCC2)NCC.I. The van der Waals surface area contributed by atoms with Crippen LogP contribution >= 0.6 is 24.0 Å². The van der Waals surface area contributed by atoms with Crippen molar-refractivity contribution in [1.29, 1.82) is 0 Å². The quantitative estimate of drug-likeness (QED) is 0.195. The van der Waals surface area contributed by atoms with E-state index in [9.17, 15) is 4.79 Å². The van der Waals surface area contributed by atoms with E-state index < -0.39 is 0 Å². The summed E-state index contributed by atoms with van der Waals surface area (Å²) in [4.78, 5) is 19.1. The summed E-state index contributed by atoms with van der Waals surface area (Å²) >= 11 is 0. The summed E-state index contributed by atoms with van der Waals surface area (Å²) in [5, 5.41) is 7.79. The van der Waals surface area contributed by atoms with E-state index in [1.165, 1.54) is 0 Å². The molecule has 0 amide bonds. The smallest absolute Gasteiger partial charge is 0.345 e. The van der Waals surface area contributed by atoms with E-state index in [1.807, 2.05) is 10.6 Å². The molecule has 0 bridgehead atoms. The van der Waals surface area contributed by atoms with Gasteiger partial charge in [-0.15, -0.1) is 30.6 Å². The number of unbranched alkanes of at least 4 members (excludes halogenated alkanes) is 1. The van der Waals surface area contributed by atoms with Crippen LogP contribution in [0.1, 0.15) is 44.9 Å². The first-order valence-corrected chi connectivity index (χ1v) is 9.44. The van der Waals surface area contributed by atoms with Gasteiger partial charge in [-0.05, 0) is 39.0 Å². The maximum atomic E-state index is 12.3. The van der Waals surface area contributed by atoms with Gasteiger partial charge in [0.25, 0.3) is 0 Å². The molecule has 0 fully saturated rings. The lowest BCUT2D eigenvalue weighted by molar-refractivity contribution is 0.468. The van der Waals surface area contributed by atoms with Crippen molar-refractivity contribution in [2.75, 3.05) is 26.7 Å². The fourth-order valence-electron chi connectivity index (χ4n) is 3.05. The molecule has 1 aliphatic heterocycles. The first kappa shape index (κ1) is 22.7. The second-order valence-electron chi connectivity index (χ2n) is 6.47. The fraction of sp³-hybridized carbons (Fsp3) is 0.722. The van der Waals surface area contributed by atoms with E-state index in [0.29, 0.717) is 13.1 Å². The first-order valence-electron chi connectivity index (χ1n) is 9.44. The van der Waals surface area contributed by atoms with E-state index in [4.69, 9.17) is 0 Å². The Kier molecular flexibility index (Phi) is 10.6. The maximum absolute atomic E-state index is 12.3. The highest BCUT2D eigenvalue weighted by Gasteiger charge is 2.16. The van der Waals surface area contributed by atoms with Crippen molar-refractivity contribution in [3.8, 4) is 0 Å². The number of hydrogen-bond acceptors (Lipinski definition) is 3. The molecular weight excluding hydrogens is 443 g/mol. The van der Waals surface area contributed by atoms with Crippen molar-refractivity contribution >= 4 is 29.9 Å². The zero-order valence-electron chi connectivity index (χ0n) is 16.1. The normalized spacial score (nSPS) is 13.7. The molecule has 26 heavy (non-hydrogen) atoms. The molecule has 1 N–H and O–H groups in total. The van der Waals surface area contributed by atoms with Crippen LogP contribution < -0.4 is 11.0 Å². The monoisotopic (exact) mass is 476 g/mol. The predicted octanol–water partition coefficient (Wildman–Crippen LogP) is 2.25. The number of aliphatic imine (C=N–C) groups is 1. The van der Waals surface area contributed by atoms with Crippen LogP contribution in [0.3, 0.4) is 0 Å².